The molecular formula is C19H25F6N3O6S. The largest absolute Gasteiger partial charge is 0.490 e. The lowest BCUT2D eigenvalue weighted by molar-refractivity contribution is -0.193. The van der Waals surface area contributed by atoms with E-state index in [1.807, 2.05) is 25.4 Å². The number of thiazole rings is 1. The Morgan fingerprint density at radius 2 is 1.69 bits per heavy atom. The topological polar surface area (TPSA) is 129 Å². The fourth-order valence-electron chi connectivity index (χ4n) is 3.38. The van der Waals surface area contributed by atoms with Gasteiger partial charge in [0.1, 0.15) is 5.01 Å². The molecule has 0 spiro atoms. The number of carboxylic acids is 2. The van der Waals surface area contributed by atoms with E-state index in [4.69, 9.17) is 24.5 Å². The maximum absolute atomic E-state index is 12.5. The summed E-state index contributed by atoms with van der Waals surface area (Å²) < 4.78 is 69.3. The Morgan fingerprint density at radius 1 is 1.14 bits per heavy atom. The Balaban J connectivity index is 0.000000362. The monoisotopic (exact) mass is 537 g/mol. The third-order valence-corrected chi connectivity index (χ3v) is 5.53. The number of aromatic nitrogens is 1. The maximum Gasteiger partial charge on any atom is 0.490 e. The van der Waals surface area contributed by atoms with Crippen molar-refractivity contribution in [2.75, 3.05) is 19.7 Å². The molecule has 2 fully saturated rings. The molecule has 1 aromatic heterocycles. The molecule has 0 bridgehead atoms. The number of rotatable bonds is 4. The minimum absolute atomic E-state index is 0.0358. The van der Waals surface area contributed by atoms with Gasteiger partial charge in [-0.05, 0) is 20.3 Å². The summed E-state index contributed by atoms with van der Waals surface area (Å²) >= 11 is 1.67. The number of fused-ring (bicyclic) bond motifs is 1. The van der Waals surface area contributed by atoms with Crippen LogP contribution in [0.5, 0.6) is 0 Å². The lowest BCUT2D eigenvalue weighted by Crippen LogP contribution is -2.53. The van der Waals surface area contributed by atoms with Crippen LogP contribution in [0.3, 0.4) is 0 Å². The van der Waals surface area contributed by atoms with Crippen LogP contribution in [0.4, 0.5) is 26.3 Å². The van der Waals surface area contributed by atoms with Gasteiger partial charge in [0, 0.05) is 43.2 Å². The van der Waals surface area contributed by atoms with E-state index in [0.29, 0.717) is 5.92 Å². The number of hydrogen-bond acceptors (Lipinski definition) is 7. The molecule has 3 heterocycles. The van der Waals surface area contributed by atoms with E-state index >= 15 is 0 Å². The molecule has 1 aromatic rings. The Morgan fingerprint density at radius 3 is 2.11 bits per heavy atom. The van der Waals surface area contributed by atoms with Gasteiger partial charge in [-0.25, -0.2) is 14.6 Å². The van der Waals surface area contributed by atoms with E-state index in [0.717, 1.165) is 37.7 Å². The summed E-state index contributed by atoms with van der Waals surface area (Å²) in [7, 11) is 0. The van der Waals surface area contributed by atoms with Gasteiger partial charge in [0.2, 0.25) is 5.91 Å². The molecule has 16 heteroatoms. The summed E-state index contributed by atoms with van der Waals surface area (Å²) in [4.78, 5) is 36.9. The molecule has 2 saturated heterocycles. The molecule has 3 atom stereocenters. The molecule has 2 aliphatic heterocycles. The average molecular weight is 537 g/mol. The van der Waals surface area contributed by atoms with Gasteiger partial charge in [-0.15, -0.1) is 11.3 Å². The summed E-state index contributed by atoms with van der Waals surface area (Å²) in [6.07, 6.45) is -7.13. The number of aliphatic carboxylic acids is 2. The van der Waals surface area contributed by atoms with Crippen molar-refractivity contribution in [3.63, 3.8) is 0 Å². The first-order valence-electron chi connectivity index (χ1n) is 10.1. The number of ether oxygens (including phenoxy) is 1. The van der Waals surface area contributed by atoms with Gasteiger partial charge in [0.15, 0.2) is 0 Å². The van der Waals surface area contributed by atoms with Crippen LogP contribution in [0.15, 0.2) is 11.6 Å². The van der Waals surface area contributed by atoms with Crippen LogP contribution < -0.4 is 5.32 Å². The zero-order chi connectivity index (χ0) is 27.0. The first-order chi connectivity index (χ1) is 16.0. The summed E-state index contributed by atoms with van der Waals surface area (Å²) in [6, 6.07) is 0.188. The highest BCUT2D eigenvalue weighted by Gasteiger charge is 2.44. The first kappa shape index (κ1) is 30.6. The van der Waals surface area contributed by atoms with Crippen LogP contribution in [0, 0.1) is 11.8 Å². The van der Waals surface area contributed by atoms with E-state index in [2.05, 4.69) is 15.2 Å². The number of carboxylic acid groups (broad SMARTS) is 2. The van der Waals surface area contributed by atoms with E-state index in [9.17, 15) is 31.1 Å². The quantitative estimate of drug-likeness (QED) is 0.501. The minimum atomic E-state index is -5.08. The van der Waals surface area contributed by atoms with Crippen LogP contribution in [0.2, 0.25) is 0 Å². The fraction of sp³-hybridized carbons (Fsp3) is 0.684. The SMILES string of the molecule is CC(C)NC(=O)[C@H]1CN(Cc2nccs2)C[C@H]2OCC[C@@H]12.O=C(O)C(F)(F)F.O=C(O)C(F)(F)F. The van der Waals surface area contributed by atoms with Crippen LogP contribution in [0.1, 0.15) is 25.3 Å². The lowest BCUT2D eigenvalue weighted by Gasteiger charge is -2.39. The van der Waals surface area contributed by atoms with Gasteiger partial charge in [-0.3, -0.25) is 9.69 Å². The highest BCUT2D eigenvalue weighted by Crippen LogP contribution is 2.34. The Labute approximate surface area is 200 Å². The molecule has 2 aliphatic rings. The molecule has 0 saturated carbocycles. The molecule has 9 nitrogen and oxygen atoms in total. The number of halogens is 6. The number of nitrogens with zero attached hydrogens (tertiary/aromatic N) is 2. The van der Waals surface area contributed by atoms with Crippen LogP contribution in [0.25, 0.3) is 0 Å². The smallest absolute Gasteiger partial charge is 0.475 e. The van der Waals surface area contributed by atoms with Crippen LogP contribution >= 0.6 is 11.3 Å². The number of carbonyl (C=O) groups is 3. The Hall–Kier alpha value is -2.46. The van der Waals surface area contributed by atoms with E-state index in [1.54, 1.807) is 11.3 Å². The zero-order valence-electron chi connectivity index (χ0n) is 18.6. The number of amides is 1. The average Bonchev–Trinajstić information content (AvgIpc) is 3.38. The normalized spacial score (nSPS) is 22.3. The van der Waals surface area contributed by atoms with Crippen molar-refractivity contribution in [3.8, 4) is 0 Å². The van der Waals surface area contributed by atoms with Crippen molar-refractivity contribution >= 4 is 29.2 Å². The second-order valence-corrected chi connectivity index (χ2v) is 8.84. The molecule has 0 aromatic carbocycles. The van der Waals surface area contributed by atoms with E-state index < -0.39 is 24.3 Å². The van der Waals surface area contributed by atoms with Gasteiger partial charge >= 0.3 is 24.3 Å². The molecule has 0 unspecified atom stereocenters. The number of likely N-dealkylation sites (tertiary alicyclic amines) is 1. The first-order valence-corrected chi connectivity index (χ1v) is 11.0. The number of alkyl halides is 6. The van der Waals surface area contributed by atoms with E-state index in [-0.39, 0.29) is 24.0 Å². The van der Waals surface area contributed by atoms with Gasteiger partial charge in [-0.1, -0.05) is 0 Å². The van der Waals surface area contributed by atoms with Crippen molar-refractivity contribution in [1.29, 1.82) is 0 Å². The van der Waals surface area contributed by atoms with E-state index in [1.165, 1.54) is 0 Å². The highest BCUT2D eigenvalue weighted by atomic mass is 32.1. The fourth-order valence-corrected chi connectivity index (χ4v) is 4.03. The van der Waals surface area contributed by atoms with Crippen molar-refractivity contribution in [3.05, 3.63) is 16.6 Å². The molecule has 1 amide bonds. The molecule has 0 radical (unpaired) electrons. The molecule has 200 valence electrons. The molecular weight excluding hydrogens is 512 g/mol. The third kappa shape index (κ3) is 10.8. The second kappa shape index (κ2) is 13.0. The number of nitrogens with one attached hydrogen (secondary N) is 1. The van der Waals surface area contributed by atoms with Crippen molar-refractivity contribution in [1.82, 2.24) is 15.2 Å². The van der Waals surface area contributed by atoms with Crippen LogP contribution in [-0.2, 0) is 25.7 Å². The summed E-state index contributed by atoms with van der Waals surface area (Å²) in [6.45, 7) is 7.34. The Kier molecular flexibility index (Phi) is 11.4. The summed E-state index contributed by atoms with van der Waals surface area (Å²) in [5.41, 5.74) is 0. The van der Waals surface area contributed by atoms with Gasteiger partial charge in [0.05, 0.1) is 18.6 Å². The third-order valence-electron chi connectivity index (χ3n) is 4.77. The molecule has 0 aliphatic carbocycles. The Bertz CT molecular complexity index is 810. The van der Waals surface area contributed by atoms with Gasteiger partial charge in [-0.2, -0.15) is 26.3 Å². The number of hydrogen-bond donors (Lipinski definition) is 3. The maximum atomic E-state index is 12.5. The van der Waals surface area contributed by atoms with Crippen molar-refractivity contribution < 1.29 is 55.7 Å². The zero-order valence-corrected chi connectivity index (χ0v) is 19.4. The molecule has 35 heavy (non-hydrogen) atoms. The standard InChI is InChI=1S/C15H23N3O2S.2C2HF3O2/c1-10(2)17-15(19)12-7-18(9-14-16-4-6-21-14)8-13-11(12)3-5-20-13;2*3-2(4,5)1(6)7/h4,6,10-13H,3,5,7-9H2,1-2H3,(H,17,19);2*(H,6,7)/t11-,12-,13+;;/m0../s1. The minimum Gasteiger partial charge on any atom is -0.475 e. The van der Waals surface area contributed by atoms with Crippen LogP contribution in [-0.4, -0.2) is 82.1 Å². The summed E-state index contributed by atoms with van der Waals surface area (Å²) in [5, 5.41) is 20.4. The molecule has 3 rings (SSSR count). The van der Waals surface area contributed by atoms with Gasteiger partial charge < -0.3 is 20.3 Å². The van der Waals surface area contributed by atoms with Gasteiger partial charge in [0.25, 0.3) is 0 Å². The van der Waals surface area contributed by atoms with Crippen molar-refractivity contribution in [2.24, 2.45) is 11.8 Å². The lowest BCUT2D eigenvalue weighted by atomic mass is 9.82. The summed E-state index contributed by atoms with van der Waals surface area (Å²) in [5.74, 6) is -4.93. The van der Waals surface area contributed by atoms with Crippen molar-refractivity contribution in [2.45, 2.75) is 51.3 Å². The number of carbonyl (C=O) groups excluding carboxylic acids is 1. The number of piperidine rings is 1. The molecule has 3 N–H and O–H groups in total. The predicted octanol–water partition coefficient (Wildman–Crippen LogP) is 2.77. The second-order valence-electron chi connectivity index (χ2n) is 7.86. The highest BCUT2D eigenvalue weighted by molar-refractivity contribution is 7.09. The predicted molar refractivity (Wildman–Crippen MR) is 109 cm³/mol.